The van der Waals surface area contributed by atoms with Crippen molar-refractivity contribution < 1.29 is 23.1 Å². The largest absolute Gasteiger partial charge is 0.392 e. The predicted octanol–water partition coefficient (Wildman–Crippen LogP) is 3.49. The minimum absolute atomic E-state index is 0.159. The van der Waals surface area contributed by atoms with E-state index in [0.717, 1.165) is 32.8 Å². The van der Waals surface area contributed by atoms with Gasteiger partial charge in [0.25, 0.3) is 0 Å². The van der Waals surface area contributed by atoms with Crippen molar-refractivity contribution in [1.82, 2.24) is 16.0 Å². The summed E-state index contributed by atoms with van der Waals surface area (Å²) in [5.74, 6) is -0.390. The SMILES string of the molecule is CCNC1C(c2ccc(CN3C(=O)[C@H](NC(=O)CC(C)(C)NC[C@@H](C)O)CCc4cc(SC)ccc43)cc2)=CC=CC1=S(=O)=O. The van der Waals surface area contributed by atoms with Crippen LogP contribution in [0, 0.1) is 0 Å². The number of allylic oxidation sites excluding steroid dienone is 2. The van der Waals surface area contributed by atoms with E-state index in [1.54, 1.807) is 35.7 Å². The molecule has 2 aromatic rings. The molecule has 1 heterocycles. The third-order valence-corrected chi connectivity index (χ3v) is 9.50. The molecule has 0 fully saturated rings. The highest BCUT2D eigenvalue weighted by atomic mass is 32.2. The molecule has 4 rings (SSSR count). The summed E-state index contributed by atoms with van der Waals surface area (Å²) in [6.07, 6.45) is 8.06. The molecule has 0 saturated carbocycles. The fourth-order valence-corrected chi connectivity index (χ4v) is 6.78. The number of amides is 2. The number of aryl methyl sites for hydroxylation is 1. The van der Waals surface area contributed by atoms with Gasteiger partial charge in [-0.05, 0) is 93.0 Å². The van der Waals surface area contributed by atoms with Crippen LogP contribution in [-0.4, -0.2) is 73.3 Å². The van der Waals surface area contributed by atoms with E-state index in [0.29, 0.717) is 37.3 Å². The van der Waals surface area contributed by atoms with Gasteiger partial charge in [0.05, 0.1) is 23.6 Å². The van der Waals surface area contributed by atoms with Gasteiger partial charge in [0.1, 0.15) is 6.04 Å². The summed E-state index contributed by atoms with van der Waals surface area (Å²) in [5.41, 5.74) is 4.00. The summed E-state index contributed by atoms with van der Waals surface area (Å²) >= 11 is 1.65. The number of β-amino-alcohol motifs (C(OH)–C–C–N with tert-alkyl or cyclic N) is 1. The first-order chi connectivity index (χ1) is 21.4. The third-order valence-electron chi connectivity index (χ3n) is 8.02. The predicted molar refractivity (Wildman–Crippen MR) is 183 cm³/mol. The quantitative estimate of drug-likeness (QED) is 0.203. The molecule has 0 spiro atoms. The fraction of sp³-hybridized carbons (Fsp3) is 0.441. The monoisotopic (exact) mass is 652 g/mol. The summed E-state index contributed by atoms with van der Waals surface area (Å²) in [7, 11) is -2.35. The molecule has 3 atom stereocenters. The summed E-state index contributed by atoms with van der Waals surface area (Å²) in [5, 5.41) is 19.1. The molecule has 1 unspecified atom stereocenters. The standard InChI is InChI=1S/C34H44N4O5S2/c1-6-35-32-27(8-7-9-30(32)45(42)43)24-12-10-23(11-13-24)21-38-29-17-15-26(44-5)18-25(29)14-16-28(33(38)41)37-31(40)19-34(3,4)36-20-22(2)39/h7-13,15,17-18,22,28,32,35-36,39H,6,14,16,19-21H2,1-5H3,(H,37,40)/t22-,28-,32?/m1/s1. The number of hydrogen-bond donors (Lipinski definition) is 4. The van der Waals surface area contributed by atoms with Gasteiger partial charge < -0.3 is 26.0 Å². The van der Waals surface area contributed by atoms with Crippen LogP contribution in [0.2, 0.25) is 0 Å². The Bertz CT molecular complexity index is 1590. The molecule has 0 saturated heterocycles. The molecule has 9 nitrogen and oxygen atoms in total. The summed E-state index contributed by atoms with van der Waals surface area (Å²) in [4.78, 5) is 30.4. The van der Waals surface area contributed by atoms with Crippen LogP contribution in [0.15, 0.2) is 65.6 Å². The number of fused-ring (bicyclic) bond motifs is 1. The lowest BCUT2D eigenvalue weighted by atomic mass is 9.91. The molecular formula is C34H44N4O5S2. The summed E-state index contributed by atoms with van der Waals surface area (Å²) < 4.78 is 23.7. The second kappa shape index (κ2) is 15.4. The molecule has 0 bridgehead atoms. The van der Waals surface area contributed by atoms with Crippen LogP contribution in [0.5, 0.6) is 0 Å². The van der Waals surface area contributed by atoms with Gasteiger partial charge >= 0.3 is 0 Å². The molecule has 1 aliphatic heterocycles. The Morgan fingerprint density at radius 2 is 1.91 bits per heavy atom. The van der Waals surface area contributed by atoms with E-state index in [4.69, 9.17) is 0 Å². The average molecular weight is 653 g/mol. The highest BCUT2D eigenvalue weighted by Gasteiger charge is 2.33. The number of hydrogen-bond acceptors (Lipinski definition) is 8. The number of rotatable bonds is 12. The van der Waals surface area contributed by atoms with Gasteiger partial charge in [-0.3, -0.25) is 9.59 Å². The van der Waals surface area contributed by atoms with Crippen LogP contribution < -0.4 is 20.9 Å². The Balaban J connectivity index is 1.58. The van der Waals surface area contributed by atoms with E-state index in [2.05, 4.69) is 22.0 Å². The maximum Gasteiger partial charge on any atom is 0.249 e. The Morgan fingerprint density at radius 1 is 1.18 bits per heavy atom. The van der Waals surface area contributed by atoms with Crippen LogP contribution in [-0.2, 0) is 32.8 Å². The molecule has 1 aliphatic carbocycles. The second-order valence-corrected chi connectivity index (χ2v) is 14.0. The lowest BCUT2D eigenvalue weighted by molar-refractivity contribution is -0.128. The number of carbonyl (C=O) groups excluding carboxylic acids is 2. The first kappa shape index (κ1) is 34.6. The lowest BCUT2D eigenvalue weighted by Crippen LogP contribution is -2.51. The molecule has 2 amide bonds. The zero-order valence-corrected chi connectivity index (χ0v) is 28.2. The Morgan fingerprint density at radius 3 is 2.56 bits per heavy atom. The number of anilines is 1. The molecule has 11 heteroatoms. The average Bonchev–Trinajstić information content (AvgIpc) is 3.12. The van der Waals surface area contributed by atoms with Crippen molar-refractivity contribution in [2.45, 2.75) is 82.1 Å². The van der Waals surface area contributed by atoms with Crippen molar-refractivity contribution in [3.63, 3.8) is 0 Å². The summed E-state index contributed by atoms with van der Waals surface area (Å²) in [6, 6.07) is 12.8. The van der Waals surface area contributed by atoms with Crippen LogP contribution in [0.3, 0.4) is 0 Å². The van der Waals surface area contributed by atoms with E-state index < -0.39 is 34.0 Å². The molecule has 2 aliphatic rings. The second-order valence-electron chi connectivity index (χ2n) is 12.2. The smallest absolute Gasteiger partial charge is 0.249 e. The van der Waals surface area contributed by atoms with Crippen molar-refractivity contribution in [3.8, 4) is 0 Å². The first-order valence-corrected chi connectivity index (χ1v) is 17.6. The first-order valence-electron chi connectivity index (χ1n) is 15.3. The highest BCUT2D eigenvalue weighted by Crippen LogP contribution is 2.32. The van der Waals surface area contributed by atoms with E-state index in [-0.39, 0.29) is 18.2 Å². The maximum atomic E-state index is 14.1. The van der Waals surface area contributed by atoms with Crippen LogP contribution in [0.4, 0.5) is 5.69 Å². The van der Waals surface area contributed by atoms with Gasteiger partial charge in [0, 0.05) is 29.1 Å². The van der Waals surface area contributed by atoms with Gasteiger partial charge in [0.2, 0.25) is 22.1 Å². The molecule has 4 N–H and O–H groups in total. The van der Waals surface area contributed by atoms with Crippen LogP contribution in [0.25, 0.3) is 5.57 Å². The van der Waals surface area contributed by atoms with E-state index in [9.17, 15) is 23.1 Å². The number of aliphatic hydroxyl groups is 1. The number of aliphatic hydroxyl groups excluding tert-OH is 1. The molecule has 2 aromatic carbocycles. The molecule has 242 valence electrons. The van der Waals surface area contributed by atoms with E-state index in [1.807, 2.05) is 69.5 Å². The molecule has 45 heavy (non-hydrogen) atoms. The highest BCUT2D eigenvalue weighted by molar-refractivity contribution is 7.98. The lowest BCUT2D eigenvalue weighted by Gasteiger charge is -2.29. The Hall–Kier alpha value is -3.22. The molecule has 0 aromatic heterocycles. The minimum Gasteiger partial charge on any atom is -0.392 e. The van der Waals surface area contributed by atoms with Gasteiger partial charge in [-0.2, -0.15) is 8.42 Å². The third kappa shape index (κ3) is 8.95. The number of nitrogens with one attached hydrogen (secondary N) is 3. The van der Waals surface area contributed by atoms with Crippen molar-refractivity contribution in [1.29, 1.82) is 0 Å². The fourth-order valence-electron chi connectivity index (χ4n) is 5.72. The van der Waals surface area contributed by atoms with Gasteiger partial charge in [-0.15, -0.1) is 11.8 Å². The molecular weight excluding hydrogens is 609 g/mol. The Kier molecular flexibility index (Phi) is 11.8. The Labute approximate surface area is 272 Å². The zero-order chi connectivity index (χ0) is 32.7. The van der Waals surface area contributed by atoms with Crippen molar-refractivity contribution in [2.75, 3.05) is 24.2 Å². The van der Waals surface area contributed by atoms with Crippen molar-refractivity contribution in [2.24, 2.45) is 0 Å². The maximum absolute atomic E-state index is 14.1. The van der Waals surface area contributed by atoms with Crippen molar-refractivity contribution >= 4 is 50.0 Å². The topological polar surface area (TPSA) is 128 Å². The van der Waals surface area contributed by atoms with Crippen LogP contribution in [0.1, 0.15) is 57.2 Å². The van der Waals surface area contributed by atoms with Gasteiger partial charge in [0.15, 0.2) is 0 Å². The minimum atomic E-state index is -2.35. The van der Waals surface area contributed by atoms with Gasteiger partial charge in [-0.25, -0.2) is 0 Å². The summed E-state index contributed by atoms with van der Waals surface area (Å²) in [6.45, 7) is 8.72. The van der Waals surface area contributed by atoms with E-state index >= 15 is 0 Å². The molecule has 0 radical (unpaired) electrons. The van der Waals surface area contributed by atoms with Gasteiger partial charge in [-0.1, -0.05) is 43.3 Å². The number of thioether (sulfide) groups is 1. The van der Waals surface area contributed by atoms with Crippen LogP contribution >= 0.6 is 11.8 Å². The van der Waals surface area contributed by atoms with E-state index in [1.165, 1.54) is 0 Å². The number of likely N-dealkylation sites (N-methyl/N-ethyl adjacent to an activating group) is 1. The normalized spacial score (nSPS) is 19.1. The number of benzene rings is 2. The zero-order valence-electron chi connectivity index (χ0n) is 26.6. The van der Waals surface area contributed by atoms with Crippen molar-refractivity contribution in [3.05, 3.63) is 77.4 Å². The number of nitrogens with zero attached hydrogens (tertiary/aromatic N) is 1. The number of carbonyl (C=O) groups is 2.